The second-order valence-electron chi connectivity index (χ2n) is 11.6. The molecule has 1 aliphatic carbocycles. The molecule has 0 aliphatic heterocycles. The zero-order chi connectivity index (χ0) is 31.6. The number of carboxylic acid groups (broad SMARTS) is 1. The van der Waals surface area contributed by atoms with Crippen molar-refractivity contribution in [3.8, 4) is 16.9 Å². The molecule has 0 fully saturated rings. The number of carboxylic acids is 1. The maximum Gasteiger partial charge on any atom is 0.407 e. The highest BCUT2D eigenvalue weighted by Gasteiger charge is 2.42. The first-order chi connectivity index (χ1) is 21.0. The van der Waals surface area contributed by atoms with E-state index in [2.05, 4.69) is 5.32 Å². The molecule has 0 saturated carbocycles. The largest absolute Gasteiger partial charge is 0.488 e. The number of nitro groups is 1. The van der Waals surface area contributed by atoms with Gasteiger partial charge in [0.15, 0.2) is 0 Å². The van der Waals surface area contributed by atoms with Gasteiger partial charge in [0.2, 0.25) is 0 Å². The number of ether oxygens (including phenoxy) is 2. The van der Waals surface area contributed by atoms with Crippen LogP contribution in [0.15, 0.2) is 84.9 Å². The van der Waals surface area contributed by atoms with Crippen molar-refractivity contribution >= 4 is 17.7 Å². The summed E-state index contributed by atoms with van der Waals surface area (Å²) in [4.78, 5) is 36.9. The molecule has 1 atom stereocenters. The number of aliphatic carboxylic acids is 1. The van der Waals surface area contributed by atoms with Crippen molar-refractivity contribution in [1.82, 2.24) is 5.32 Å². The van der Waals surface area contributed by atoms with Crippen LogP contribution in [0.3, 0.4) is 0 Å². The van der Waals surface area contributed by atoms with Crippen LogP contribution in [0.1, 0.15) is 53.1 Å². The zero-order valence-electron chi connectivity index (χ0n) is 25.0. The molecule has 9 heteroatoms. The number of fused-ring (bicyclic) bond motifs is 3. The molecule has 4 aromatic carbocycles. The summed E-state index contributed by atoms with van der Waals surface area (Å²) in [6, 6.07) is 24.5. The Morgan fingerprint density at radius 3 is 2.16 bits per heavy atom. The lowest BCUT2D eigenvalue weighted by atomic mass is 9.75. The number of carbonyl (C=O) groups is 2. The molecule has 0 spiro atoms. The van der Waals surface area contributed by atoms with Gasteiger partial charge in [-0.2, -0.15) is 0 Å². The van der Waals surface area contributed by atoms with E-state index in [1.54, 1.807) is 38.1 Å². The summed E-state index contributed by atoms with van der Waals surface area (Å²) in [5.41, 5.74) is 5.60. The average molecular weight is 595 g/mol. The third kappa shape index (κ3) is 5.86. The van der Waals surface area contributed by atoms with E-state index in [-0.39, 0.29) is 24.8 Å². The second kappa shape index (κ2) is 12.2. The number of rotatable bonds is 10. The Kier molecular flexibility index (Phi) is 8.40. The van der Waals surface area contributed by atoms with E-state index in [9.17, 15) is 24.8 Å². The lowest BCUT2D eigenvalue weighted by Gasteiger charge is -2.35. The van der Waals surface area contributed by atoms with Crippen LogP contribution >= 0.6 is 0 Å². The molecule has 0 heterocycles. The Bertz CT molecular complexity index is 1700. The van der Waals surface area contributed by atoms with Crippen LogP contribution in [0.25, 0.3) is 11.1 Å². The fraction of sp³-hybridized carbons (Fsp3) is 0.257. The number of nitrogens with zero attached hydrogens (tertiary/aromatic N) is 1. The number of benzene rings is 4. The lowest BCUT2D eigenvalue weighted by molar-refractivity contribution is -0.385. The molecule has 0 saturated heterocycles. The van der Waals surface area contributed by atoms with Crippen LogP contribution in [0.4, 0.5) is 10.5 Å². The normalized spacial score (nSPS) is 13.0. The second-order valence-corrected chi connectivity index (χ2v) is 11.6. The summed E-state index contributed by atoms with van der Waals surface area (Å²) in [5.74, 6) is -1.04. The smallest absolute Gasteiger partial charge is 0.407 e. The van der Waals surface area contributed by atoms with E-state index in [0.29, 0.717) is 16.9 Å². The minimum Gasteiger partial charge on any atom is -0.488 e. The van der Waals surface area contributed by atoms with Crippen molar-refractivity contribution in [2.45, 2.75) is 51.7 Å². The SMILES string of the molecule is Cc1cc(C)c(C(C)(C)[C@H](NC(=O)OCC2c3ccccc3-c3ccccc32)C(=O)O)c(OCc2ccccc2[N+](=O)[O-])c1. The van der Waals surface area contributed by atoms with Gasteiger partial charge < -0.3 is 19.9 Å². The summed E-state index contributed by atoms with van der Waals surface area (Å²) in [6.07, 6.45) is -0.848. The quantitative estimate of drug-likeness (QED) is 0.149. The average Bonchev–Trinajstić information content (AvgIpc) is 3.30. The first-order valence-corrected chi connectivity index (χ1v) is 14.3. The first kappa shape index (κ1) is 30.3. The van der Waals surface area contributed by atoms with Crippen molar-refractivity contribution in [3.05, 3.63) is 128 Å². The van der Waals surface area contributed by atoms with E-state index in [0.717, 1.165) is 33.4 Å². The van der Waals surface area contributed by atoms with Crippen LogP contribution < -0.4 is 10.1 Å². The molecule has 9 nitrogen and oxygen atoms in total. The van der Waals surface area contributed by atoms with Gasteiger partial charge in [-0.3, -0.25) is 10.1 Å². The van der Waals surface area contributed by atoms with Gasteiger partial charge in [0.1, 0.15) is 25.0 Å². The molecular weight excluding hydrogens is 560 g/mol. The minimum atomic E-state index is -1.38. The molecule has 5 rings (SSSR count). The molecule has 0 bridgehead atoms. The number of aryl methyl sites for hydroxylation is 2. The molecule has 0 aromatic heterocycles. The molecule has 0 unspecified atom stereocenters. The van der Waals surface area contributed by atoms with Crippen molar-refractivity contribution in [3.63, 3.8) is 0 Å². The van der Waals surface area contributed by atoms with Crippen molar-refractivity contribution in [1.29, 1.82) is 0 Å². The number of nitro benzene ring substituents is 1. The lowest BCUT2D eigenvalue weighted by Crippen LogP contribution is -2.53. The van der Waals surface area contributed by atoms with Gasteiger partial charge in [-0.25, -0.2) is 9.59 Å². The molecule has 2 N–H and O–H groups in total. The highest BCUT2D eigenvalue weighted by molar-refractivity contribution is 5.83. The van der Waals surface area contributed by atoms with E-state index in [4.69, 9.17) is 9.47 Å². The Labute approximate surface area is 255 Å². The van der Waals surface area contributed by atoms with Crippen LogP contribution in [-0.2, 0) is 21.6 Å². The molecule has 0 radical (unpaired) electrons. The van der Waals surface area contributed by atoms with E-state index >= 15 is 0 Å². The highest BCUT2D eigenvalue weighted by Crippen LogP contribution is 2.44. The third-order valence-corrected chi connectivity index (χ3v) is 8.23. The number of nitrogens with one attached hydrogen (secondary N) is 1. The van der Waals surface area contributed by atoms with Gasteiger partial charge in [-0.05, 0) is 59.4 Å². The van der Waals surface area contributed by atoms with Crippen molar-refractivity contribution in [2.24, 2.45) is 0 Å². The van der Waals surface area contributed by atoms with Gasteiger partial charge in [0, 0.05) is 23.0 Å². The summed E-state index contributed by atoms with van der Waals surface area (Å²) < 4.78 is 11.8. The number of alkyl carbamates (subject to hydrolysis) is 1. The topological polar surface area (TPSA) is 128 Å². The van der Waals surface area contributed by atoms with Gasteiger partial charge in [0.05, 0.1) is 10.5 Å². The fourth-order valence-corrected chi connectivity index (χ4v) is 6.29. The summed E-state index contributed by atoms with van der Waals surface area (Å²) in [7, 11) is 0. The predicted molar refractivity (Wildman–Crippen MR) is 166 cm³/mol. The molecule has 1 aliphatic rings. The van der Waals surface area contributed by atoms with Crippen LogP contribution in [0.5, 0.6) is 5.75 Å². The molecule has 4 aromatic rings. The molecule has 44 heavy (non-hydrogen) atoms. The van der Waals surface area contributed by atoms with Gasteiger partial charge >= 0.3 is 12.1 Å². The van der Waals surface area contributed by atoms with Crippen LogP contribution in [-0.4, -0.2) is 34.7 Å². The monoisotopic (exact) mass is 594 g/mol. The van der Waals surface area contributed by atoms with Gasteiger partial charge in [0.25, 0.3) is 5.69 Å². The highest BCUT2D eigenvalue weighted by atomic mass is 16.6. The summed E-state index contributed by atoms with van der Waals surface area (Å²) >= 11 is 0. The standard InChI is InChI=1S/C35H34N2O7/c1-21-17-22(2)31(30(18-21)43-19-23-11-5-10-16-29(23)37(41)42)35(3,4)32(33(38)39)36-34(40)44-20-28-26-14-8-6-12-24(26)25-13-7-9-15-27(25)28/h5-18,28,32H,19-20H2,1-4H3,(H,36,40)(H,38,39)/t32-/m1/s1. The zero-order valence-corrected chi connectivity index (χ0v) is 25.0. The van der Waals surface area contributed by atoms with E-state index in [1.165, 1.54) is 6.07 Å². The summed E-state index contributed by atoms with van der Waals surface area (Å²) in [5, 5.41) is 24.4. The van der Waals surface area contributed by atoms with Crippen LogP contribution in [0.2, 0.25) is 0 Å². The van der Waals surface area contributed by atoms with Crippen molar-refractivity contribution in [2.75, 3.05) is 6.61 Å². The number of para-hydroxylation sites is 1. The van der Waals surface area contributed by atoms with Gasteiger partial charge in [-0.15, -0.1) is 0 Å². The predicted octanol–water partition coefficient (Wildman–Crippen LogP) is 7.06. The Morgan fingerprint density at radius 1 is 0.955 bits per heavy atom. The number of hydrogen-bond donors (Lipinski definition) is 2. The maximum atomic E-state index is 13.2. The van der Waals surface area contributed by atoms with E-state index < -0.39 is 28.4 Å². The number of amides is 1. The fourth-order valence-electron chi connectivity index (χ4n) is 6.29. The molecule has 1 amide bonds. The molecular formula is C35H34N2O7. The minimum absolute atomic E-state index is 0.0421. The number of carbonyl (C=O) groups excluding carboxylic acids is 1. The van der Waals surface area contributed by atoms with Crippen molar-refractivity contribution < 1.29 is 29.1 Å². The third-order valence-electron chi connectivity index (χ3n) is 8.23. The first-order valence-electron chi connectivity index (χ1n) is 14.3. The Morgan fingerprint density at radius 2 is 1.55 bits per heavy atom. The Hall–Kier alpha value is -5.18. The number of hydrogen-bond acceptors (Lipinski definition) is 6. The van der Waals surface area contributed by atoms with Gasteiger partial charge in [-0.1, -0.05) is 80.6 Å². The van der Waals surface area contributed by atoms with E-state index in [1.807, 2.05) is 68.4 Å². The maximum absolute atomic E-state index is 13.2. The van der Waals surface area contributed by atoms with Crippen LogP contribution in [0, 0.1) is 24.0 Å². The summed E-state index contributed by atoms with van der Waals surface area (Å²) in [6.45, 7) is 7.09. The molecule has 226 valence electrons. The Balaban J connectivity index is 1.37.